The van der Waals surface area contributed by atoms with E-state index in [1.54, 1.807) is 22.8 Å². The van der Waals surface area contributed by atoms with Gasteiger partial charge in [0.05, 0.1) is 18.5 Å². The predicted octanol–water partition coefficient (Wildman–Crippen LogP) is 5.59. The largest absolute Gasteiger partial charge is 0.497 e. The van der Waals surface area contributed by atoms with Crippen LogP contribution >= 0.6 is 0 Å². The van der Waals surface area contributed by atoms with E-state index in [0.29, 0.717) is 17.9 Å². The van der Waals surface area contributed by atoms with Crippen molar-refractivity contribution in [1.82, 2.24) is 14.7 Å². The second kappa shape index (κ2) is 11.6. The van der Waals surface area contributed by atoms with E-state index in [0.717, 1.165) is 28.3 Å². The molecule has 4 aromatic rings. The van der Waals surface area contributed by atoms with E-state index >= 15 is 0 Å². The summed E-state index contributed by atoms with van der Waals surface area (Å²) in [5.41, 5.74) is 3.91. The van der Waals surface area contributed by atoms with Crippen molar-refractivity contribution in [3.8, 4) is 22.7 Å². The molecule has 0 radical (unpaired) electrons. The smallest absolute Gasteiger partial charge is 0.254 e. The Bertz CT molecular complexity index is 1360. The molecule has 3 aromatic carbocycles. The third-order valence-electron chi connectivity index (χ3n) is 5.95. The van der Waals surface area contributed by atoms with E-state index in [-0.39, 0.29) is 24.3 Å². The number of hydrogen-bond donors (Lipinski definition) is 1. The predicted molar refractivity (Wildman–Crippen MR) is 146 cm³/mol. The molecule has 0 spiro atoms. The summed E-state index contributed by atoms with van der Waals surface area (Å²) in [6.45, 7) is 6.36. The summed E-state index contributed by atoms with van der Waals surface area (Å²) < 4.78 is 6.97. The topological polar surface area (TPSA) is 76.5 Å². The van der Waals surface area contributed by atoms with Crippen LogP contribution in [0.25, 0.3) is 16.9 Å². The molecular formula is C30H32N4O3. The monoisotopic (exact) mass is 496 g/mol. The Morgan fingerprint density at radius 1 is 0.973 bits per heavy atom. The van der Waals surface area contributed by atoms with Crippen molar-refractivity contribution in [3.63, 3.8) is 0 Å². The first kappa shape index (κ1) is 25.7. The Labute approximate surface area is 217 Å². The van der Waals surface area contributed by atoms with E-state index in [9.17, 15) is 9.59 Å². The summed E-state index contributed by atoms with van der Waals surface area (Å²) in [6, 6.07) is 26.5. The number of carbonyl (C=O) groups is 2. The van der Waals surface area contributed by atoms with Gasteiger partial charge in [0.1, 0.15) is 18.1 Å². The summed E-state index contributed by atoms with van der Waals surface area (Å²) >= 11 is 0. The molecule has 0 atom stereocenters. The zero-order valence-electron chi connectivity index (χ0n) is 21.6. The van der Waals surface area contributed by atoms with Crippen LogP contribution in [0.4, 0.5) is 5.82 Å². The Hall–Kier alpha value is -4.39. The van der Waals surface area contributed by atoms with Crippen molar-refractivity contribution in [1.29, 1.82) is 0 Å². The van der Waals surface area contributed by atoms with Gasteiger partial charge in [-0.25, -0.2) is 4.68 Å². The Morgan fingerprint density at radius 2 is 1.65 bits per heavy atom. The minimum Gasteiger partial charge on any atom is -0.497 e. The molecule has 0 aliphatic rings. The summed E-state index contributed by atoms with van der Waals surface area (Å²) in [6.07, 6.45) is 0. The van der Waals surface area contributed by atoms with E-state index in [4.69, 9.17) is 9.84 Å². The van der Waals surface area contributed by atoms with E-state index in [2.05, 4.69) is 5.32 Å². The lowest BCUT2D eigenvalue weighted by Gasteiger charge is -2.25. The molecule has 37 heavy (non-hydrogen) atoms. The van der Waals surface area contributed by atoms with Gasteiger partial charge in [-0.2, -0.15) is 5.10 Å². The number of nitrogens with one attached hydrogen (secondary N) is 1. The average Bonchev–Trinajstić information content (AvgIpc) is 3.32. The quantitative estimate of drug-likeness (QED) is 0.328. The molecule has 0 bridgehead atoms. The highest BCUT2D eigenvalue weighted by Gasteiger charge is 2.22. The van der Waals surface area contributed by atoms with Gasteiger partial charge in [-0.05, 0) is 48.7 Å². The summed E-state index contributed by atoms with van der Waals surface area (Å²) in [5, 5.41) is 7.75. The molecule has 0 aliphatic carbocycles. The van der Waals surface area contributed by atoms with Gasteiger partial charge in [0, 0.05) is 23.7 Å². The number of rotatable bonds is 9. The van der Waals surface area contributed by atoms with Crippen LogP contribution in [0.3, 0.4) is 0 Å². The van der Waals surface area contributed by atoms with Crippen LogP contribution in [0.2, 0.25) is 0 Å². The number of hydrogen-bond acceptors (Lipinski definition) is 4. The van der Waals surface area contributed by atoms with Crippen LogP contribution in [0.1, 0.15) is 29.8 Å². The van der Waals surface area contributed by atoms with Gasteiger partial charge >= 0.3 is 0 Å². The molecule has 2 amide bonds. The fourth-order valence-electron chi connectivity index (χ4n) is 4.14. The van der Waals surface area contributed by atoms with Gasteiger partial charge < -0.3 is 15.0 Å². The highest BCUT2D eigenvalue weighted by Crippen LogP contribution is 2.26. The van der Waals surface area contributed by atoms with Crippen LogP contribution in [0.5, 0.6) is 5.75 Å². The lowest BCUT2D eigenvalue weighted by Crippen LogP contribution is -2.40. The summed E-state index contributed by atoms with van der Waals surface area (Å²) in [7, 11) is 1.61. The van der Waals surface area contributed by atoms with E-state index < -0.39 is 0 Å². The van der Waals surface area contributed by atoms with Crippen LogP contribution in [-0.2, 0) is 4.79 Å². The fraction of sp³-hybridized carbons (Fsp3) is 0.233. The third kappa shape index (κ3) is 6.25. The number of methoxy groups -OCH3 is 1. The molecule has 7 nitrogen and oxygen atoms in total. The van der Waals surface area contributed by atoms with Crippen molar-refractivity contribution in [2.45, 2.75) is 20.8 Å². The minimum atomic E-state index is -0.295. The SMILES string of the molecule is COc1ccc(-n2nc(-c3ccccc3)cc2NC(=O)CN(CC(C)C)C(=O)c2ccccc2C)cc1. The van der Waals surface area contributed by atoms with E-state index in [1.807, 2.05) is 99.6 Å². The zero-order valence-corrected chi connectivity index (χ0v) is 21.6. The van der Waals surface area contributed by atoms with Gasteiger partial charge in [-0.1, -0.05) is 62.4 Å². The van der Waals surface area contributed by atoms with Gasteiger partial charge in [-0.15, -0.1) is 0 Å². The normalized spacial score (nSPS) is 10.8. The Kier molecular flexibility index (Phi) is 8.03. The number of aryl methyl sites for hydroxylation is 1. The van der Waals surface area contributed by atoms with Crippen molar-refractivity contribution in [2.75, 3.05) is 25.5 Å². The molecule has 190 valence electrons. The Morgan fingerprint density at radius 3 is 2.30 bits per heavy atom. The van der Waals surface area contributed by atoms with Gasteiger partial charge in [0.2, 0.25) is 5.91 Å². The van der Waals surface area contributed by atoms with Crippen molar-refractivity contribution in [2.24, 2.45) is 5.92 Å². The van der Waals surface area contributed by atoms with Crippen LogP contribution in [-0.4, -0.2) is 46.7 Å². The second-order valence-corrected chi connectivity index (χ2v) is 9.33. The molecule has 0 unspecified atom stereocenters. The molecule has 4 rings (SSSR count). The van der Waals surface area contributed by atoms with Crippen molar-refractivity contribution in [3.05, 3.63) is 96.1 Å². The van der Waals surface area contributed by atoms with Crippen LogP contribution < -0.4 is 10.1 Å². The molecular weight excluding hydrogens is 464 g/mol. The molecule has 1 aromatic heterocycles. The highest BCUT2D eigenvalue weighted by atomic mass is 16.5. The first-order valence-corrected chi connectivity index (χ1v) is 12.3. The number of amides is 2. The molecule has 0 saturated carbocycles. The number of benzene rings is 3. The minimum absolute atomic E-state index is 0.0696. The first-order valence-electron chi connectivity index (χ1n) is 12.3. The molecule has 1 heterocycles. The lowest BCUT2D eigenvalue weighted by atomic mass is 10.1. The zero-order chi connectivity index (χ0) is 26.4. The first-order chi connectivity index (χ1) is 17.9. The van der Waals surface area contributed by atoms with Crippen LogP contribution in [0, 0.1) is 12.8 Å². The third-order valence-corrected chi connectivity index (χ3v) is 5.95. The summed E-state index contributed by atoms with van der Waals surface area (Å²) in [5.74, 6) is 0.994. The molecule has 7 heteroatoms. The summed E-state index contributed by atoms with van der Waals surface area (Å²) in [4.78, 5) is 28.2. The van der Waals surface area contributed by atoms with Gasteiger partial charge in [-0.3, -0.25) is 9.59 Å². The second-order valence-electron chi connectivity index (χ2n) is 9.33. The van der Waals surface area contributed by atoms with Gasteiger partial charge in [0.15, 0.2) is 0 Å². The van der Waals surface area contributed by atoms with Gasteiger partial charge in [0.25, 0.3) is 5.91 Å². The Balaban J connectivity index is 1.62. The number of aromatic nitrogens is 2. The highest BCUT2D eigenvalue weighted by molar-refractivity contribution is 6.00. The number of anilines is 1. The van der Waals surface area contributed by atoms with Crippen molar-refractivity contribution < 1.29 is 14.3 Å². The molecule has 0 fully saturated rings. The van der Waals surface area contributed by atoms with Crippen molar-refractivity contribution >= 4 is 17.6 Å². The average molecular weight is 497 g/mol. The maximum atomic E-state index is 13.3. The maximum absolute atomic E-state index is 13.3. The van der Waals surface area contributed by atoms with E-state index in [1.165, 1.54) is 0 Å². The number of nitrogens with zero attached hydrogens (tertiary/aromatic N) is 3. The molecule has 0 saturated heterocycles. The van der Waals surface area contributed by atoms with Crippen LogP contribution in [0.15, 0.2) is 84.9 Å². The maximum Gasteiger partial charge on any atom is 0.254 e. The molecule has 1 N–H and O–H groups in total. The number of carbonyl (C=O) groups excluding carboxylic acids is 2. The fourth-order valence-corrected chi connectivity index (χ4v) is 4.14. The molecule has 0 aliphatic heterocycles. The lowest BCUT2D eigenvalue weighted by molar-refractivity contribution is -0.117. The standard InChI is InChI=1S/C30H32N4O3/c1-21(2)19-33(30(36)26-13-9-8-10-22(26)3)20-29(35)31-28-18-27(23-11-6-5-7-12-23)32-34(28)24-14-16-25(37-4)17-15-24/h5-18,21H,19-20H2,1-4H3,(H,31,35). The number of ether oxygens (including phenoxy) is 1.